The summed E-state index contributed by atoms with van der Waals surface area (Å²) in [5.41, 5.74) is 2.04. The van der Waals surface area contributed by atoms with Crippen molar-refractivity contribution in [2.75, 3.05) is 0 Å². The smallest absolute Gasteiger partial charge is 0.191 e. The minimum absolute atomic E-state index is 0.00422. The molecule has 0 amide bonds. The predicted octanol–water partition coefficient (Wildman–Crippen LogP) is 0.587. The molecule has 9 nitrogen and oxygen atoms in total. The first-order valence-corrected chi connectivity index (χ1v) is 6.57. The predicted molar refractivity (Wildman–Crippen MR) is 73.3 cm³/mol. The third kappa shape index (κ3) is 2.92. The molecule has 0 fully saturated rings. The second-order valence-electron chi connectivity index (χ2n) is 4.73. The Labute approximate surface area is 120 Å². The van der Waals surface area contributed by atoms with Crippen LogP contribution in [0.1, 0.15) is 37.3 Å². The molecule has 2 N–H and O–H groups in total. The SMILES string of the molecule is CC(NC(C)c1nn[nH]n1)c1cccc(-n2cnnn2)c1. The molecule has 3 rings (SSSR count). The summed E-state index contributed by atoms with van der Waals surface area (Å²) < 4.78 is 1.62. The van der Waals surface area contributed by atoms with Crippen LogP contribution in [-0.2, 0) is 0 Å². The topological polar surface area (TPSA) is 110 Å². The number of rotatable bonds is 5. The van der Waals surface area contributed by atoms with E-state index in [1.54, 1.807) is 11.0 Å². The Kier molecular flexibility index (Phi) is 3.65. The van der Waals surface area contributed by atoms with Gasteiger partial charge < -0.3 is 5.32 Å². The molecule has 0 bridgehead atoms. The first kappa shape index (κ1) is 13.3. The van der Waals surface area contributed by atoms with Crippen LogP contribution in [0.4, 0.5) is 0 Å². The quantitative estimate of drug-likeness (QED) is 0.705. The Bertz CT molecular complexity index is 677. The van der Waals surface area contributed by atoms with Gasteiger partial charge in [0.25, 0.3) is 0 Å². The van der Waals surface area contributed by atoms with Crippen LogP contribution in [0.15, 0.2) is 30.6 Å². The van der Waals surface area contributed by atoms with Gasteiger partial charge in [0.2, 0.25) is 0 Å². The number of aromatic amines is 1. The maximum atomic E-state index is 3.98. The van der Waals surface area contributed by atoms with Crippen LogP contribution in [0, 0.1) is 0 Å². The van der Waals surface area contributed by atoms with Crippen molar-refractivity contribution in [3.05, 3.63) is 42.0 Å². The van der Waals surface area contributed by atoms with Gasteiger partial charge in [-0.25, -0.2) is 4.68 Å². The fourth-order valence-electron chi connectivity index (χ4n) is 2.11. The zero-order valence-corrected chi connectivity index (χ0v) is 11.7. The number of tetrazole rings is 2. The molecule has 0 radical (unpaired) electrons. The molecular formula is C12H15N9. The van der Waals surface area contributed by atoms with Crippen molar-refractivity contribution in [2.45, 2.75) is 25.9 Å². The minimum Gasteiger partial charge on any atom is -0.301 e. The molecular weight excluding hydrogens is 270 g/mol. The van der Waals surface area contributed by atoms with E-state index in [0.717, 1.165) is 11.3 Å². The van der Waals surface area contributed by atoms with E-state index in [1.165, 1.54) is 0 Å². The Balaban J connectivity index is 1.76. The van der Waals surface area contributed by atoms with Crippen molar-refractivity contribution in [2.24, 2.45) is 0 Å². The molecule has 2 atom stereocenters. The number of benzene rings is 1. The summed E-state index contributed by atoms with van der Waals surface area (Å²) in [6, 6.07) is 8.13. The van der Waals surface area contributed by atoms with Crippen LogP contribution in [-0.4, -0.2) is 40.8 Å². The van der Waals surface area contributed by atoms with E-state index in [1.807, 2.05) is 25.1 Å². The number of nitrogens with zero attached hydrogens (tertiary/aromatic N) is 7. The van der Waals surface area contributed by atoms with E-state index in [4.69, 9.17) is 0 Å². The molecule has 0 spiro atoms. The van der Waals surface area contributed by atoms with E-state index in [0.29, 0.717) is 5.82 Å². The number of H-pyrrole nitrogens is 1. The van der Waals surface area contributed by atoms with Crippen molar-refractivity contribution in [1.29, 1.82) is 0 Å². The third-order valence-electron chi connectivity index (χ3n) is 3.23. The van der Waals surface area contributed by atoms with Gasteiger partial charge in [0, 0.05) is 6.04 Å². The van der Waals surface area contributed by atoms with Gasteiger partial charge in [-0.1, -0.05) is 17.3 Å². The van der Waals surface area contributed by atoms with Crippen LogP contribution in [0.25, 0.3) is 5.69 Å². The average molecular weight is 285 g/mol. The standard InChI is InChI=1S/C12H15N9/c1-8(14-9(2)12-15-18-19-16-12)10-4-3-5-11(6-10)21-7-13-17-20-21/h3-9,14H,1-2H3,(H,15,16,18,19). The van der Waals surface area contributed by atoms with Crippen molar-refractivity contribution in [1.82, 2.24) is 46.1 Å². The monoisotopic (exact) mass is 285 g/mol. The summed E-state index contributed by atoms with van der Waals surface area (Å²) >= 11 is 0. The van der Waals surface area contributed by atoms with E-state index >= 15 is 0 Å². The lowest BCUT2D eigenvalue weighted by Gasteiger charge is -2.18. The van der Waals surface area contributed by atoms with E-state index in [-0.39, 0.29) is 12.1 Å². The molecule has 0 aliphatic carbocycles. The van der Waals surface area contributed by atoms with Gasteiger partial charge in [0.15, 0.2) is 5.82 Å². The van der Waals surface area contributed by atoms with E-state index < -0.39 is 0 Å². The highest BCUT2D eigenvalue weighted by Crippen LogP contribution is 2.19. The number of aromatic nitrogens is 8. The first-order valence-electron chi connectivity index (χ1n) is 6.57. The summed E-state index contributed by atoms with van der Waals surface area (Å²) in [7, 11) is 0. The van der Waals surface area contributed by atoms with Crippen molar-refractivity contribution < 1.29 is 0 Å². The van der Waals surface area contributed by atoms with Crippen LogP contribution < -0.4 is 5.32 Å². The van der Waals surface area contributed by atoms with E-state index in [2.05, 4.69) is 54.5 Å². The lowest BCUT2D eigenvalue weighted by Crippen LogP contribution is -2.23. The molecule has 0 saturated heterocycles. The molecule has 0 saturated carbocycles. The molecule has 9 heteroatoms. The van der Waals surface area contributed by atoms with Gasteiger partial charge in [0.05, 0.1) is 11.7 Å². The van der Waals surface area contributed by atoms with Crippen LogP contribution >= 0.6 is 0 Å². The van der Waals surface area contributed by atoms with Crippen molar-refractivity contribution >= 4 is 0 Å². The van der Waals surface area contributed by atoms with Crippen molar-refractivity contribution in [3.8, 4) is 5.69 Å². The molecule has 1 aromatic carbocycles. The molecule has 2 unspecified atom stereocenters. The Morgan fingerprint density at radius 2 is 2.14 bits per heavy atom. The molecule has 2 aromatic heterocycles. The number of nitrogens with one attached hydrogen (secondary N) is 2. The van der Waals surface area contributed by atoms with Crippen molar-refractivity contribution in [3.63, 3.8) is 0 Å². The zero-order chi connectivity index (χ0) is 14.7. The molecule has 3 aromatic rings. The van der Waals surface area contributed by atoms with Gasteiger partial charge in [0.1, 0.15) is 6.33 Å². The summed E-state index contributed by atoms with van der Waals surface area (Å²) in [5.74, 6) is 0.637. The Morgan fingerprint density at radius 1 is 1.24 bits per heavy atom. The summed E-state index contributed by atoms with van der Waals surface area (Å²) in [6.45, 7) is 4.07. The summed E-state index contributed by atoms with van der Waals surface area (Å²) in [5, 5.41) is 28.6. The molecule has 0 aliphatic rings. The lowest BCUT2D eigenvalue weighted by atomic mass is 10.1. The number of hydrogen-bond acceptors (Lipinski definition) is 7. The lowest BCUT2D eigenvalue weighted by molar-refractivity contribution is 0.476. The second kappa shape index (κ2) is 5.75. The maximum absolute atomic E-state index is 3.98. The number of hydrogen-bond donors (Lipinski definition) is 2. The largest absolute Gasteiger partial charge is 0.301 e. The minimum atomic E-state index is -0.00422. The molecule has 108 valence electrons. The fraction of sp³-hybridized carbons (Fsp3) is 0.333. The highest BCUT2D eigenvalue weighted by atomic mass is 15.5. The second-order valence-corrected chi connectivity index (χ2v) is 4.73. The zero-order valence-electron chi connectivity index (χ0n) is 11.7. The average Bonchev–Trinajstić information content (AvgIpc) is 3.20. The van der Waals surface area contributed by atoms with Gasteiger partial charge in [-0.2, -0.15) is 5.21 Å². The molecule has 0 aliphatic heterocycles. The Hall–Kier alpha value is -2.68. The highest BCUT2D eigenvalue weighted by molar-refractivity contribution is 5.35. The Morgan fingerprint density at radius 3 is 2.86 bits per heavy atom. The molecule has 2 heterocycles. The van der Waals surface area contributed by atoms with Crippen LogP contribution in [0.5, 0.6) is 0 Å². The first-order chi connectivity index (χ1) is 10.2. The fourth-order valence-corrected chi connectivity index (χ4v) is 2.11. The normalized spacial score (nSPS) is 14.0. The third-order valence-corrected chi connectivity index (χ3v) is 3.23. The van der Waals surface area contributed by atoms with Crippen LogP contribution in [0.2, 0.25) is 0 Å². The maximum Gasteiger partial charge on any atom is 0.191 e. The van der Waals surface area contributed by atoms with Crippen LogP contribution in [0.3, 0.4) is 0 Å². The van der Waals surface area contributed by atoms with E-state index in [9.17, 15) is 0 Å². The summed E-state index contributed by atoms with van der Waals surface area (Å²) in [4.78, 5) is 0. The molecule has 21 heavy (non-hydrogen) atoms. The van der Waals surface area contributed by atoms with Gasteiger partial charge in [-0.15, -0.1) is 15.3 Å². The summed E-state index contributed by atoms with van der Waals surface area (Å²) in [6.07, 6.45) is 1.57. The van der Waals surface area contributed by atoms with Gasteiger partial charge in [-0.3, -0.25) is 0 Å². The van der Waals surface area contributed by atoms with Gasteiger partial charge >= 0.3 is 0 Å². The highest BCUT2D eigenvalue weighted by Gasteiger charge is 2.14. The van der Waals surface area contributed by atoms with Gasteiger partial charge in [-0.05, 0) is 42.0 Å².